The van der Waals surface area contributed by atoms with Crippen LogP contribution in [0.1, 0.15) is 12.0 Å². The van der Waals surface area contributed by atoms with Crippen molar-refractivity contribution in [3.8, 4) is 0 Å². The highest BCUT2D eigenvalue weighted by molar-refractivity contribution is 5.74. The molecule has 0 N–H and O–H groups in total. The Balaban J connectivity index is 1.72. The van der Waals surface area contributed by atoms with Crippen molar-refractivity contribution in [1.82, 2.24) is 4.90 Å². The Morgan fingerprint density at radius 3 is 2.71 bits per heavy atom. The summed E-state index contributed by atoms with van der Waals surface area (Å²) in [7, 11) is 1.42. The molecule has 2 aliphatic rings. The van der Waals surface area contributed by atoms with Crippen LogP contribution < -0.4 is 0 Å². The summed E-state index contributed by atoms with van der Waals surface area (Å²) in [5, 5.41) is 0. The normalized spacial score (nSPS) is 25.1. The van der Waals surface area contributed by atoms with Gasteiger partial charge in [0.1, 0.15) is 5.92 Å². The summed E-state index contributed by atoms with van der Waals surface area (Å²) in [6.07, 6.45) is 0.694. The van der Waals surface area contributed by atoms with Crippen molar-refractivity contribution in [1.29, 1.82) is 0 Å². The minimum atomic E-state index is -0.777. The van der Waals surface area contributed by atoms with Crippen LogP contribution in [-0.2, 0) is 25.5 Å². The van der Waals surface area contributed by atoms with Gasteiger partial charge in [-0.2, -0.15) is 0 Å². The number of benzene rings is 1. The zero-order valence-electron chi connectivity index (χ0n) is 12.3. The SMILES string of the molecule is COC(=O)C1CN(Cc2ccccc2)CCC12OCCO2. The van der Waals surface area contributed by atoms with Gasteiger partial charge in [-0.05, 0) is 5.56 Å². The predicted molar refractivity (Wildman–Crippen MR) is 76.5 cm³/mol. The molecule has 1 atom stereocenters. The monoisotopic (exact) mass is 291 g/mol. The molecule has 21 heavy (non-hydrogen) atoms. The number of likely N-dealkylation sites (tertiary alicyclic amines) is 1. The van der Waals surface area contributed by atoms with E-state index in [9.17, 15) is 4.79 Å². The standard InChI is InChI=1S/C16H21NO4/c1-19-15(18)14-12-17(11-13-5-3-2-4-6-13)8-7-16(14)20-9-10-21-16/h2-6,14H,7-12H2,1H3. The van der Waals surface area contributed by atoms with Crippen molar-refractivity contribution in [2.45, 2.75) is 18.8 Å². The van der Waals surface area contributed by atoms with Crippen molar-refractivity contribution in [3.05, 3.63) is 35.9 Å². The average Bonchev–Trinajstić information content (AvgIpc) is 2.99. The summed E-state index contributed by atoms with van der Waals surface area (Å²) >= 11 is 0. The van der Waals surface area contributed by atoms with Gasteiger partial charge in [-0.15, -0.1) is 0 Å². The van der Waals surface area contributed by atoms with Gasteiger partial charge < -0.3 is 14.2 Å². The molecule has 114 valence electrons. The first-order chi connectivity index (χ1) is 10.2. The Hall–Kier alpha value is -1.43. The number of nitrogens with zero attached hydrogens (tertiary/aromatic N) is 1. The third-order valence-electron chi connectivity index (χ3n) is 4.26. The quantitative estimate of drug-likeness (QED) is 0.788. The van der Waals surface area contributed by atoms with Gasteiger partial charge in [-0.3, -0.25) is 9.69 Å². The number of carbonyl (C=O) groups is 1. The molecule has 3 rings (SSSR count). The zero-order chi connectivity index (χ0) is 14.7. The van der Waals surface area contributed by atoms with E-state index in [0.717, 1.165) is 13.1 Å². The molecule has 0 aromatic heterocycles. The molecule has 2 fully saturated rings. The topological polar surface area (TPSA) is 48.0 Å². The number of esters is 1. The number of carbonyl (C=O) groups excluding carboxylic acids is 1. The molecular weight excluding hydrogens is 270 g/mol. The van der Waals surface area contributed by atoms with Crippen molar-refractivity contribution in [2.24, 2.45) is 5.92 Å². The molecule has 5 heteroatoms. The van der Waals surface area contributed by atoms with Gasteiger partial charge in [-0.25, -0.2) is 0 Å². The predicted octanol–water partition coefficient (Wildman–Crippen LogP) is 1.42. The summed E-state index contributed by atoms with van der Waals surface area (Å²) in [5.74, 6) is -1.42. The summed E-state index contributed by atoms with van der Waals surface area (Å²) in [6, 6.07) is 10.3. The molecule has 0 aliphatic carbocycles. The summed E-state index contributed by atoms with van der Waals surface area (Å²) in [4.78, 5) is 14.4. The molecule has 0 saturated carbocycles. The largest absolute Gasteiger partial charge is 0.469 e. The Morgan fingerprint density at radius 1 is 1.33 bits per heavy atom. The third kappa shape index (κ3) is 2.95. The molecule has 2 saturated heterocycles. The summed E-state index contributed by atoms with van der Waals surface area (Å²) in [5.41, 5.74) is 1.24. The van der Waals surface area contributed by atoms with E-state index in [1.165, 1.54) is 12.7 Å². The number of hydrogen-bond acceptors (Lipinski definition) is 5. The van der Waals surface area contributed by atoms with E-state index in [-0.39, 0.29) is 11.9 Å². The maximum absolute atomic E-state index is 12.1. The lowest BCUT2D eigenvalue weighted by Crippen LogP contribution is -2.55. The second-order valence-corrected chi connectivity index (χ2v) is 5.56. The molecule has 1 aromatic rings. The molecule has 0 radical (unpaired) electrons. The van der Waals surface area contributed by atoms with Gasteiger partial charge in [0.15, 0.2) is 5.79 Å². The van der Waals surface area contributed by atoms with E-state index in [0.29, 0.717) is 26.2 Å². The number of ether oxygens (including phenoxy) is 3. The highest BCUT2D eigenvalue weighted by Gasteiger charge is 2.51. The average molecular weight is 291 g/mol. The molecule has 1 aromatic carbocycles. The first-order valence-corrected chi connectivity index (χ1v) is 7.35. The van der Waals surface area contributed by atoms with Crippen LogP contribution >= 0.6 is 0 Å². The molecule has 5 nitrogen and oxygen atoms in total. The van der Waals surface area contributed by atoms with Crippen LogP contribution in [0.5, 0.6) is 0 Å². The van der Waals surface area contributed by atoms with E-state index in [4.69, 9.17) is 14.2 Å². The lowest BCUT2D eigenvalue weighted by molar-refractivity contribution is -0.228. The van der Waals surface area contributed by atoms with Crippen LogP contribution in [0.25, 0.3) is 0 Å². The molecule has 2 aliphatic heterocycles. The Labute approximate surface area is 124 Å². The van der Waals surface area contributed by atoms with Crippen LogP contribution in [0.3, 0.4) is 0 Å². The van der Waals surface area contributed by atoms with Crippen LogP contribution in [0.15, 0.2) is 30.3 Å². The first kappa shape index (κ1) is 14.5. The molecule has 0 amide bonds. The third-order valence-corrected chi connectivity index (χ3v) is 4.26. The van der Waals surface area contributed by atoms with Gasteiger partial charge in [0, 0.05) is 26.1 Å². The van der Waals surface area contributed by atoms with Gasteiger partial charge in [-0.1, -0.05) is 30.3 Å². The number of rotatable bonds is 3. The minimum absolute atomic E-state index is 0.255. The van der Waals surface area contributed by atoms with E-state index < -0.39 is 5.79 Å². The number of piperidine rings is 1. The number of hydrogen-bond donors (Lipinski definition) is 0. The number of methoxy groups -OCH3 is 1. The fourth-order valence-electron chi connectivity index (χ4n) is 3.17. The van der Waals surface area contributed by atoms with Crippen molar-refractivity contribution < 1.29 is 19.0 Å². The van der Waals surface area contributed by atoms with Crippen LogP contribution in [0.2, 0.25) is 0 Å². The maximum Gasteiger partial charge on any atom is 0.315 e. The van der Waals surface area contributed by atoms with Crippen molar-refractivity contribution in [2.75, 3.05) is 33.4 Å². The Bertz CT molecular complexity index is 484. The summed E-state index contributed by atoms with van der Waals surface area (Å²) < 4.78 is 16.5. The van der Waals surface area contributed by atoms with E-state index in [1.54, 1.807) is 0 Å². The molecule has 0 bridgehead atoms. The first-order valence-electron chi connectivity index (χ1n) is 7.35. The molecule has 1 unspecified atom stereocenters. The fourth-order valence-corrected chi connectivity index (χ4v) is 3.17. The van der Waals surface area contributed by atoms with Crippen LogP contribution in [-0.4, -0.2) is 50.1 Å². The van der Waals surface area contributed by atoms with Gasteiger partial charge in [0.05, 0.1) is 20.3 Å². The minimum Gasteiger partial charge on any atom is -0.469 e. The van der Waals surface area contributed by atoms with Crippen LogP contribution in [0.4, 0.5) is 0 Å². The molecule has 1 spiro atoms. The molecule has 2 heterocycles. The second kappa shape index (κ2) is 6.13. The zero-order valence-corrected chi connectivity index (χ0v) is 12.3. The highest BCUT2D eigenvalue weighted by atomic mass is 16.7. The Morgan fingerprint density at radius 2 is 2.05 bits per heavy atom. The summed E-state index contributed by atoms with van der Waals surface area (Å²) in [6.45, 7) is 3.37. The van der Waals surface area contributed by atoms with Crippen LogP contribution in [0, 0.1) is 5.92 Å². The maximum atomic E-state index is 12.1. The fraction of sp³-hybridized carbons (Fsp3) is 0.562. The Kier molecular flexibility index (Phi) is 4.24. The highest BCUT2D eigenvalue weighted by Crippen LogP contribution is 2.37. The molecular formula is C16H21NO4. The van der Waals surface area contributed by atoms with E-state index in [1.807, 2.05) is 18.2 Å². The van der Waals surface area contributed by atoms with Crippen molar-refractivity contribution in [3.63, 3.8) is 0 Å². The smallest absolute Gasteiger partial charge is 0.315 e. The van der Waals surface area contributed by atoms with Gasteiger partial charge in [0.2, 0.25) is 0 Å². The lowest BCUT2D eigenvalue weighted by atomic mass is 9.90. The van der Waals surface area contributed by atoms with Crippen molar-refractivity contribution >= 4 is 5.97 Å². The van der Waals surface area contributed by atoms with Gasteiger partial charge >= 0.3 is 5.97 Å². The van der Waals surface area contributed by atoms with Gasteiger partial charge in [0.25, 0.3) is 0 Å². The van der Waals surface area contributed by atoms with E-state index in [2.05, 4.69) is 17.0 Å². The second-order valence-electron chi connectivity index (χ2n) is 5.56. The van der Waals surface area contributed by atoms with E-state index >= 15 is 0 Å². The lowest BCUT2D eigenvalue weighted by Gasteiger charge is -2.42.